The second-order valence-electron chi connectivity index (χ2n) is 6.41. The Bertz CT molecular complexity index is 742. The smallest absolute Gasteiger partial charge is 0.191 e. The van der Waals surface area contributed by atoms with Crippen LogP contribution in [0.4, 0.5) is 5.69 Å². The van der Waals surface area contributed by atoms with E-state index in [0.29, 0.717) is 19.2 Å². The van der Waals surface area contributed by atoms with Crippen LogP contribution in [0.3, 0.4) is 0 Å². The van der Waals surface area contributed by atoms with Gasteiger partial charge in [-0.25, -0.2) is 0 Å². The van der Waals surface area contributed by atoms with Gasteiger partial charge in [0.15, 0.2) is 5.96 Å². The number of anilines is 1. The molecular weight excluding hydrogens is 467 g/mol. The Morgan fingerprint density at radius 2 is 1.89 bits per heavy atom. The molecule has 2 aromatic rings. The van der Waals surface area contributed by atoms with Gasteiger partial charge in [-0.2, -0.15) is 0 Å². The molecule has 0 bridgehead atoms. The predicted octanol–water partition coefficient (Wildman–Crippen LogP) is 3.14. The molecule has 1 heterocycles. The van der Waals surface area contributed by atoms with Crippen molar-refractivity contribution in [1.82, 2.24) is 10.6 Å². The average Bonchev–Trinajstić information content (AvgIpc) is 3.19. The summed E-state index contributed by atoms with van der Waals surface area (Å²) in [5.74, 6) is 2.60. The van der Waals surface area contributed by atoms with Gasteiger partial charge >= 0.3 is 0 Å². The van der Waals surface area contributed by atoms with Crippen LogP contribution in [-0.4, -0.2) is 52.4 Å². The molecule has 152 valence electrons. The summed E-state index contributed by atoms with van der Waals surface area (Å²) < 4.78 is 11.2. The van der Waals surface area contributed by atoms with Gasteiger partial charge < -0.3 is 25.0 Å². The Labute approximate surface area is 184 Å². The molecule has 0 amide bonds. The first-order valence-electron chi connectivity index (χ1n) is 9.33. The molecule has 1 saturated heterocycles. The van der Waals surface area contributed by atoms with Gasteiger partial charge in [-0.1, -0.05) is 30.3 Å². The number of nitrogens with one attached hydrogen (secondary N) is 2. The molecule has 0 aliphatic carbocycles. The average molecular weight is 496 g/mol. The minimum atomic E-state index is 0. The number of halogens is 1. The first kappa shape index (κ1) is 22.1. The lowest BCUT2D eigenvalue weighted by Gasteiger charge is -2.22. The SMILES string of the molecule is CN=C(NCCOc1ccccc1)NC1CCN(c2ccccc2OC)C1.I. The number of guanidine groups is 1. The third kappa shape index (κ3) is 6.19. The van der Waals surface area contributed by atoms with E-state index in [-0.39, 0.29) is 24.0 Å². The van der Waals surface area contributed by atoms with Crippen LogP contribution in [0.2, 0.25) is 0 Å². The van der Waals surface area contributed by atoms with Crippen molar-refractivity contribution in [1.29, 1.82) is 0 Å². The summed E-state index contributed by atoms with van der Waals surface area (Å²) in [6.45, 7) is 3.19. The van der Waals surface area contributed by atoms with Gasteiger partial charge in [0, 0.05) is 26.2 Å². The summed E-state index contributed by atoms with van der Waals surface area (Å²) in [5, 5.41) is 6.82. The van der Waals surface area contributed by atoms with E-state index in [0.717, 1.165) is 42.7 Å². The van der Waals surface area contributed by atoms with E-state index in [1.807, 2.05) is 48.5 Å². The normalized spacial score (nSPS) is 16.3. The van der Waals surface area contributed by atoms with Gasteiger partial charge in [-0.05, 0) is 30.7 Å². The Morgan fingerprint density at radius 3 is 2.64 bits per heavy atom. The first-order valence-corrected chi connectivity index (χ1v) is 9.33. The molecule has 2 aromatic carbocycles. The van der Waals surface area contributed by atoms with Crippen molar-refractivity contribution in [2.24, 2.45) is 4.99 Å². The molecule has 28 heavy (non-hydrogen) atoms. The summed E-state index contributed by atoms with van der Waals surface area (Å²) in [6.07, 6.45) is 1.05. The number of methoxy groups -OCH3 is 1. The second kappa shape index (κ2) is 11.6. The largest absolute Gasteiger partial charge is 0.495 e. The predicted molar refractivity (Wildman–Crippen MR) is 125 cm³/mol. The van der Waals surface area contributed by atoms with E-state index < -0.39 is 0 Å². The van der Waals surface area contributed by atoms with Crippen molar-refractivity contribution in [3.63, 3.8) is 0 Å². The zero-order valence-corrected chi connectivity index (χ0v) is 18.8. The summed E-state index contributed by atoms with van der Waals surface area (Å²) in [7, 11) is 3.51. The Morgan fingerprint density at radius 1 is 1.14 bits per heavy atom. The lowest BCUT2D eigenvalue weighted by Crippen LogP contribution is -2.45. The molecule has 1 aliphatic heterocycles. The number of hydrogen-bond donors (Lipinski definition) is 2. The monoisotopic (exact) mass is 496 g/mol. The molecular formula is C21H29IN4O2. The highest BCUT2D eigenvalue weighted by molar-refractivity contribution is 14.0. The standard InChI is InChI=1S/C21H28N4O2.HI/c1-22-21(23-13-15-27-18-8-4-3-5-9-18)24-17-12-14-25(16-17)19-10-6-7-11-20(19)26-2;/h3-11,17H,12-16H2,1-2H3,(H2,22,23,24);1H. The van der Waals surface area contributed by atoms with Crippen molar-refractivity contribution >= 4 is 35.6 Å². The minimum Gasteiger partial charge on any atom is -0.495 e. The van der Waals surface area contributed by atoms with Gasteiger partial charge in [0.1, 0.15) is 18.1 Å². The van der Waals surface area contributed by atoms with E-state index >= 15 is 0 Å². The second-order valence-corrected chi connectivity index (χ2v) is 6.41. The van der Waals surface area contributed by atoms with Crippen LogP contribution in [0.15, 0.2) is 59.6 Å². The van der Waals surface area contributed by atoms with Gasteiger partial charge in [0.2, 0.25) is 0 Å². The molecule has 6 nitrogen and oxygen atoms in total. The third-order valence-electron chi connectivity index (χ3n) is 4.59. The van der Waals surface area contributed by atoms with Crippen LogP contribution < -0.4 is 25.0 Å². The first-order chi connectivity index (χ1) is 13.3. The number of para-hydroxylation sites is 3. The van der Waals surface area contributed by atoms with Gasteiger partial charge in [-0.3, -0.25) is 4.99 Å². The molecule has 7 heteroatoms. The van der Waals surface area contributed by atoms with Crippen LogP contribution in [0.1, 0.15) is 6.42 Å². The van der Waals surface area contributed by atoms with E-state index in [9.17, 15) is 0 Å². The van der Waals surface area contributed by atoms with Crippen molar-refractivity contribution < 1.29 is 9.47 Å². The number of nitrogens with zero attached hydrogens (tertiary/aromatic N) is 2. The molecule has 1 unspecified atom stereocenters. The Kier molecular flexibility index (Phi) is 9.19. The summed E-state index contributed by atoms with van der Waals surface area (Å²) in [4.78, 5) is 6.67. The molecule has 2 N–H and O–H groups in total. The summed E-state index contributed by atoms with van der Waals surface area (Å²) in [6, 6.07) is 18.3. The highest BCUT2D eigenvalue weighted by Crippen LogP contribution is 2.30. The summed E-state index contributed by atoms with van der Waals surface area (Å²) >= 11 is 0. The molecule has 1 aliphatic rings. The van der Waals surface area contributed by atoms with E-state index in [1.54, 1.807) is 14.2 Å². The Hall–Kier alpha value is -2.16. The summed E-state index contributed by atoms with van der Waals surface area (Å²) in [5.41, 5.74) is 1.14. The fraction of sp³-hybridized carbons (Fsp3) is 0.381. The maximum Gasteiger partial charge on any atom is 0.191 e. The maximum absolute atomic E-state index is 5.70. The van der Waals surface area contributed by atoms with Crippen LogP contribution >= 0.6 is 24.0 Å². The fourth-order valence-corrected chi connectivity index (χ4v) is 3.23. The molecule has 3 rings (SSSR count). The van der Waals surface area contributed by atoms with E-state index in [2.05, 4.69) is 26.6 Å². The van der Waals surface area contributed by atoms with Gasteiger partial charge in [0.05, 0.1) is 19.3 Å². The van der Waals surface area contributed by atoms with E-state index in [1.165, 1.54) is 0 Å². The molecule has 1 atom stereocenters. The molecule has 0 spiro atoms. The van der Waals surface area contributed by atoms with Gasteiger partial charge in [0.25, 0.3) is 0 Å². The van der Waals surface area contributed by atoms with Crippen molar-refractivity contribution in [3.8, 4) is 11.5 Å². The Balaban J connectivity index is 0.00000280. The quantitative estimate of drug-likeness (QED) is 0.267. The number of ether oxygens (including phenoxy) is 2. The lowest BCUT2D eigenvalue weighted by atomic mass is 10.2. The van der Waals surface area contributed by atoms with E-state index in [4.69, 9.17) is 9.47 Å². The highest BCUT2D eigenvalue weighted by atomic mass is 127. The highest BCUT2D eigenvalue weighted by Gasteiger charge is 2.25. The number of benzene rings is 2. The maximum atomic E-state index is 5.70. The van der Waals surface area contributed by atoms with Crippen LogP contribution in [-0.2, 0) is 0 Å². The van der Waals surface area contributed by atoms with Crippen LogP contribution in [0.25, 0.3) is 0 Å². The topological polar surface area (TPSA) is 58.1 Å². The van der Waals surface area contributed by atoms with Crippen molar-refractivity contribution in [2.45, 2.75) is 12.5 Å². The zero-order chi connectivity index (χ0) is 18.9. The van der Waals surface area contributed by atoms with Crippen molar-refractivity contribution in [3.05, 3.63) is 54.6 Å². The fourth-order valence-electron chi connectivity index (χ4n) is 3.23. The zero-order valence-electron chi connectivity index (χ0n) is 16.4. The molecule has 0 radical (unpaired) electrons. The van der Waals surface area contributed by atoms with Crippen LogP contribution in [0.5, 0.6) is 11.5 Å². The van der Waals surface area contributed by atoms with Gasteiger partial charge in [-0.15, -0.1) is 24.0 Å². The third-order valence-corrected chi connectivity index (χ3v) is 4.59. The number of rotatable bonds is 7. The number of hydrogen-bond acceptors (Lipinski definition) is 4. The molecule has 0 aromatic heterocycles. The minimum absolute atomic E-state index is 0. The number of aliphatic imine (C=N–C) groups is 1. The molecule has 0 saturated carbocycles. The lowest BCUT2D eigenvalue weighted by molar-refractivity contribution is 0.321. The van der Waals surface area contributed by atoms with Crippen LogP contribution in [0, 0.1) is 0 Å². The molecule has 1 fully saturated rings. The van der Waals surface area contributed by atoms with Crippen molar-refractivity contribution in [2.75, 3.05) is 45.3 Å².